The maximum absolute atomic E-state index is 13.0. The molecule has 158 valence electrons. The highest BCUT2D eigenvalue weighted by Crippen LogP contribution is 2.35. The van der Waals surface area contributed by atoms with Crippen molar-refractivity contribution in [3.8, 4) is 0 Å². The molecule has 1 aromatic carbocycles. The lowest BCUT2D eigenvalue weighted by Gasteiger charge is -2.29. The minimum atomic E-state index is 0.0124. The highest BCUT2D eigenvalue weighted by Gasteiger charge is 2.32. The van der Waals surface area contributed by atoms with Gasteiger partial charge in [0.15, 0.2) is 0 Å². The van der Waals surface area contributed by atoms with Crippen molar-refractivity contribution in [3.05, 3.63) is 40.3 Å². The van der Waals surface area contributed by atoms with Crippen LogP contribution in [0.4, 0.5) is 5.82 Å². The van der Waals surface area contributed by atoms with Crippen molar-refractivity contribution in [1.29, 1.82) is 0 Å². The molecule has 5 nitrogen and oxygen atoms in total. The van der Waals surface area contributed by atoms with Crippen molar-refractivity contribution in [2.45, 2.75) is 33.1 Å². The number of para-hydroxylation sites is 1. The van der Waals surface area contributed by atoms with Gasteiger partial charge in [-0.1, -0.05) is 61.9 Å². The first kappa shape index (κ1) is 21.3. The van der Waals surface area contributed by atoms with Gasteiger partial charge in [0.2, 0.25) is 0 Å². The van der Waals surface area contributed by atoms with E-state index in [-0.39, 0.29) is 5.91 Å². The number of fused-ring (bicyclic) bond motifs is 1. The number of aryl methyl sites for hydroxylation is 1. The molecule has 0 radical (unpaired) electrons. The van der Waals surface area contributed by atoms with Crippen molar-refractivity contribution < 1.29 is 9.53 Å². The second-order valence-electron chi connectivity index (χ2n) is 7.69. The maximum Gasteiger partial charge on any atom is 0.266 e. The summed E-state index contributed by atoms with van der Waals surface area (Å²) in [5.74, 6) is 0.926. The Morgan fingerprint density at radius 2 is 2.07 bits per heavy atom. The Kier molecular flexibility index (Phi) is 6.71. The lowest BCUT2D eigenvalue weighted by Crippen LogP contribution is -2.37. The largest absolute Gasteiger partial charge is 0.378 e. The van der Waals surface area contributed by atoms with E-state index in [2.05, 4.69) is 36.9 Å². The molecule has 4 rings (SSSR count). The smallest absolute Gasteiger partial charge is 0.266 e. The number of thioether (sulfide) groups is 1. The van der Waals surface area contributed by atoms with Crippen LogP contribution in [0.1, 0.15) is 37.3 Å². The predicted octanol–water partition coefficient (Wildman–Crippen LogP) is 4.77. The van der Waals surface area contributed by atoms with Gasteiger partial charge >= 0.3 is 0 Å². The Bertz CT molecular complexity index is 999. The van der Waals surface area contributed by atoms with E-state index in [0.29, 0.717) is 29.0 Å². The van der Waals surface area contributed by atoms with E-state index in [4.69, 9.17) is 21.9 Å². The molecule has 2 aromatic rings. The lowest BCUT2D eigenvalue weighted by atomic mass is 10.1. The van der Waals surface area contributed by atoms with Crippen LogP contribution in [0.2, 0.25) is 0 Å². The average molecular weight is 442 g/mol. The number of hydrogen-bond donors (Lipinski definition) is 0. The van der Waals surface area contributed by atoms with Gasteiger partial charge in [0.05, 0.1) is 23.6 Å². The predicted molar refractivity (Wildman–Crippen MR) is 129 cm³/mol. The standard InChI is InChI=1S/C23H27N3O2S2/c1-3-4-5-9-26-22(27)19(30-23(26)29)15-18-14-17-8-6-7-16(2)20(17)24-21(18)25-10-12-28-13-11-25/h6-8,14-15H,3-5,9-13H2,1-2H3/b19-15-. The van der Waals surface area contributed by atoms with Gasteiger partial charge in [-0.05, 0) is 31.1 Å². The minimum absolute atomic E-state index is 0.0124. The van der Waals surface area contributed by atoms with E-state index in [0.717, 1.165) is 60.2 Å². The van der Waals surface area contributed by atoms with Crippen molar-refractivity contribution in [2.75, 3.05) is 37.7 Å². The zero-order valence-electron chi connectivity index (χ0n) is 17.5. The Balaban J connectivity index is 1.72. The fraction of sp³-hybridized carbons (Fsp3) is 0.435. The summed E-state index contributed by atoms with van der Waals surface area (Å²) in [4.78, 5) is 22.7. The first-order valence-electron chi connectivity index (χ1n) is 10.6. The van der Waals surface area contributed by atoms with E-state index in [1.807, 2.05) is 12.1 Å². The number of carbonyl (C=O) groups excluding carboxylic acids is 1. The van der Waals surface area contributed by atoms with Gasteiger partial charge < -0.3 is 9.64 Å². The van der Waals surface area contributed by atoms with Gasteiger partial charge in [-0.25, -0.2) is 4.98 Å². The summed E-state index contributed by atoms with van der Waals surface area (Å²) in [5, 5.41) is 1.08. The van der Waals surface area contributed by atoms with Crippen molar-refractivity contribution in [3.63, 3.8) is 0 Å². The third kappa shape index (κ3) is 4.38. The number of thiocarbonyl (C=S) groups is 1. The average Bonchev–Trinajstić information content (AvgIpc) is 3.02. The number of amides is 1. The Hall–Kier alpha value is -1.96. The van der Waals surface area contributed by atoms with Gasteiger partial charge in [-0.3, -0.25) is 9.69 Å². The fourth-order valence-electron chi connectivity index (χ4n) is 3.84. The molecule has 2 aliphatic rings. The summed E-state index contributed by atoms with van der Waals surface area (Å²) in [5.41, 5.74) is 3.11. The summed E-state index contributed by atoms with van der Waals surface area (Å²) in [6.07, 6.45) is 5.17. The molecule has 2 aliphatic heterocycles. The van der Waals surface area contributed by atoms with E-state index < -0.39 is 0 Å². The molecule has 7 heteroatoms. The van der Waals surface area contributed by atoms with E-state index in [9.17, 15) is 4.79 Å². The lowest BCUT2D eigenvalue weighted by molar-refractivity contribution is -0.122. The third-order valence-electron chi connectivity index (χ3n) is 5.51. The molecule has 1 aromatic heterocycles. The number of hydrogen-bond acceptors (Lipinski definition) is 6. The van der Waals surface area contributed by atoms with Gasteiger partial charge in [0, 0.05) is 30.6 Å². The summed E-state index contributed by atoms with van der Waals surface area (Å²) in [6, 6.07) is 8.35. The zero-order chi connectivity index (χ0) is 21.1. The van der Waals surface area contributed by atoms with Gasteiger partial charge in [0.1, 0.15) is 10.1 Å². The van der Waals surface area contributed by atoms with E-state index >= 15 is 0 Å². The number of anilines is 1. The Labute approximate surface area is 187 Å². The molecule has 1 amide bonds. The number of morpholine rings is 1. The first-order valence-corrected chi connectivity index (χ1v) is 11.8. The molecule has 2 fully saturated rings. The van der Waals surface area contributed by atoms with Gasteiger partial charge in [-0.15, -0.1) is 0 Å². The summed E-state index contributed by atoms with van der Waals surface area (Å²) in [7, 11) is 0. The van der Waals surface area contributed by atoms with Gasteiger partial charge in [0.25, 0.3) is 5.91 Å². The quantitative estimate of drug-likeness (QED) is 0.366. The third-order valence-corrected chi connectivity index (χ3v) is 6.89. The van der Waals surface area contributed by atoms with Crippen LogP contribution in [0, 0.1) is 6.92 Å². The number of pyridine rings is 1. The molecule has 0 N–H and O–H groups in total. The topological polar surface area (TPSA) is 45.7 Å². The highest BCUT2D eigenvalue weighted by molar-refractivity contribution is 8.26. The second-order valence-corrected chi connectivity index (χ2v) is 9.36. The second kappa shape index (κ2) is 9.45. The number of rotatable bonds is 6. The Morgan fingerprint density at radius 3 is 2.83 bits per heavy atom. The molecular formula is C23H27N3O2S2. The first-order chi connectivity index (χ1) is 14.6. The van der Waals surface area contributed by atoms with Crippen LogP contribution in [0.3, 0.4) is 0 Å². The fourth-order valence-corrected chi connectivity index (χ4v) is 5.14. The van der Waals surface area contributed by atoms with Crippen LogP contribution in [0.25, 0.3) is 17.0 Å². The molecule has 30 heavy (non-hydrogen) atoms. The normalized spacial score (nSPS) is 18.8. The number of nitrogens with zero attached hydrogens (tertiary/aromatic N) is 3. The van der Waals surface area contributed by atoms with Crippen LogP contribution >= 0.6 is 24.0 Å². The summed E-state index contributed by atoms with van der Waals surface area (Å²) in [6.45, 7) is 7.90. The van der Waals surface area contributed by atoms with Gasteiger partial charge in [-0.2, -0.15) is 0 Å². The number of ether oxygens (including phenoxy) is 1. The van der Waals surface area contributed by atoms with Crippen LogP contribution in [-0.4, -0.2) is 53.0 Å². The number of aromatic nitrogens is 1. The van der Waals surface area contributed by atoms with Crippen molar-refractivity contribution in [2.24, 2.45) is 0 Å². The number of carbonyl (C=O) groups is 1. The SMILES string of the molecule is CCCCCN1C(=O)/C(=C/c2cc3cccc(C)c3nc2N2CCOCC2)SC1=S. The molecule has 0 bridgehead atoms. The zero-order valence-corrected chi connectivity index (χ0v) is 19.2. The van der Waals surface area contributed by atoms with E-state index in [1.165, 1.54) is 11.8 Å². The highest BCUT2D eigenvalue weighted by atomic mass is 32.2. The monoisotopic (exact) mass is 441 g/mol. The van der Waals surface area contributed by atoms with Crippen molar-refractivity contribution in [1.82, 2.24) is 9.88 Å². The summed E-state index contributed by atoms with van der Waals surface area (Å²) >= 11 is 6.89. The molecule has 0 aliphatic carbocycles. The molecular weight excluding hydrogens is 414 g/mol. The molecule has 0 spiro atoms. The number of unbranched alkanes of at least 4 members (excludes halogenated alkanes) is 2. The minimum Gasteiger partial charge on any atom is -0.378 e. The Morgan fingerprint density at radius 1 is 1.27 bits per heavy atom. The van der Waals surface area contributed by atoms with Crippen LogP contribution in [0.15, 0.2) is 29.2 Å². The maximum atomic E-state index is 13.0. The molecule has 0 atom stereocenters. The number of benzene rings is 1. The molecule has 2 saturated heterocycles. The van der Waals surface area contributed by atoms with Crippen LogP contribution in [-0.2, 0) is 9.53 Å². The molecule has 3 heterocycles. The summed E-state index contributed by atoms with van der Waals surface area (Å²) < 4.78 is 6.18. The van der Waals surface area contributed by atoms with Crippen LogP contribution < -0.4 is 4.90 Å². The van der Waals surface area contributed by atoms with E-state index in [1.54, 1.807) is 4.90 Å². The van der Waals surface area contributed by atoms with Crippen molar-refractivity contribution >= 4 is 57.0 Å². The molecule has 0 saturated carbocycles. The molecule has 0 unspecified atom stereocenters. The van der Waals surface area contributed by atoms with Crippen LogP contribution in [0.5, 0.6) is 0 Å².